The highest BCUT2D eigenvalue weighted by Gasteiger charge is 2.13. The Hall–Kier alpha value is -1.81. The van der Waals surface area contributed by atoms with Crippen LogP contribution >= 0.6 is 11.6 Å². The van der Waals surface area contributed by atoms with Gasteiger partial charge in [0.05, 0.1) is 0 Å². The second kappa shape index (κ2) is 8.59. The van der Waals surface area contributed by atoms with Crippen LogP contribution in [0.1, 0.15) is 36.7 Å². The van der Waals surface area contributed by atoms with Crippen LogP contribution in [0.4, 0.5) is 0 Å². The van der Waals surface area contributed by atoms with Gasteiger partial charge < -0.3 is 10.6 Å². The molecule has 0 spiro atoms. The zero-order valence-electron chi connectivity index (χ0n) is 13.3. The number of rotatable bonds is 7. The predicted octanol–water partition coefficient (Wildman–Crippen LogP) is 2.95. The molecule has 4 nitrogen and oxygen atoms in total. The van der Waals surface area contributed by atoms with Crippen LogP contribution in [0.15, 0.2) is 36.4 Å². The van der Waals surface area contributed by atoms with Crippen LogP contribution in [0.5, 0.6) is 0 Å². The lowest BCUT2D eigenvalue weighted by Crippen LogP contribution is -2.32. The van der Waals surface area contributed by atoms with Gasteiger partial charge in [0.1, 0.15) is 0 Å². The third-order valence-electron chi connectivity index (χ3n) is 3.01. The van der Waals surface area contributed by atoms with Gasteiger partial charge in [0.2, 0.25) is 11.8 Å². The molecule has 1 aromatic carbocycles. The summed E-state index contributed by atoms with van der Waals surface area (Å²) in [5.41, 5.74) is 6.63. The van der Waals surface area contributed by atoms with Gasteiger partial charge in [-0.25, -0.2) is 0 Å². The van der Waals surface area contributed by atoms with E-state index >= 15 is 0 Å². The Balaban J connectivity index is 2.84. The number of amides is 2. The van der Waals surface area contributed by atoms with Crippen molar-refractivity contribution in [3.05, 3.63) is 47.5 Å². The van der Waals surface area contributed by atoms with Gasteiger partial charge in [0, 0.05) is 30.1 Å². The zero-order valence-corrected chi connectivity index (χ0v) is 14.0. The lowest BCUT2D eigenvalue weighted by atomic mass is 10.1. The quantitative estimate of drug-likeness (QED) is 0.619. The Morgan fingerprint density at radius 3 is 2.27 bits per heavy atom. The minimum atomic E-state index is -0.458. The van der Waals surface area contributed by atoms with E-state index in [1.165, 1.54) is 6.08 Å². The molecule has 120 valence electrons. The molecule has 0 radical (unpaired) electrons. The molecule has 0 bridgehead atoms. The average Bonchev–Trinajstić information content (AvgIpc) is 2.44. The number of hydrogen-bond donors (Lipinski definition) is 1. The molecule has 1 unspecified atom stereocenters. The van der Waals surface area contributed by atoms with Gasteiger partial charge in [-0.2, -0.15) is 0 Å². The summed E-state index contributed by atoms with van der Waals surface area (Å²) in [6, 6.07) is 6.97. The van der Waals surface area contributed by atoms with Crippen molar-refractivity contribution < 1.29 is 9.59 Å². The lowest BCUT2D eigenvalue weighted by molar-refractivity contribution is -0.127. The molecule has 1 rings (SSSR count). The van der Waals surface area contributed by atoms with Gasteiger partial charge in [0.25, 0.3) is 0 Å². The normalized spacial score (nSPS) is 12.6. The molecule has 0 aliphatic carbocycles. The Bertz CT molecular complexity index is 536. The maximum absolute atomic E-state index is 12.3. The van der Waals surface area contributed by atoms with E-state index in [1.807, 2.05) is 12.1 Å². The summed E-state index contributed by atoms with van der Waals surface area (Å²) in [6.45, 7) is 7.06. The predicted molar refractivity (Wildman–Crippen MR) is 89.7 cm³/mol. The topological polar surface area (TPSA) is 63.4 Å². The number of carbonyl (C=O) groups is 2. The summed E-state index contributed by atoms with van der Waals surface area (Å²) < 4.78 is 0. The van der Waals surface area contributed by atoms with E-state index in [-0.39, 0.29) is 11.3 Å². The summed E-state index contributed by atoms with van der Waals surface area (Å²) >= 11 is 5.84. The molecule has 0 aliphatic heterocycles. The molecule has 0 saturated carbocycles. The molecular weight excluding hydrogens is 300 g/mol. The lowest BCUT2D eigenvalue weighted by Gasteiger charge is -2.23. The van der Waals surface area contributed by atoms with Crippen LogP contribution in [0.25, 0.3) is 0 Å². The van der Waals surface area contributed by atoms with Gasteiger partial charge in [-0.1, -0.05) is 32.1 Å². The number of carbonyl (C=O) groups excluding carboxylic acids is 2. The molecular formula is C17H23ClN2O2. The van der Waals surface area contributed by atoms with Crippen molar-refractivity contribution in [3.8, 4) is 0 Å². The van der Waals surface area contributed by atoms with E-state index in [9.17, 15) is 9.59 Å². The first-order chi connectivity index (χ1) is 10.3. The summed E-state index contributed by atoms with van der Waals surface area (Å²) in [7, 11) is 0. The van der Waals surface area contributed by atoms with Crippen molar-refractivity contribution in [2.45, 2.75) is 32.7 Å². The molecule has 0 aromatic heterocycles. The van der Waals surface area contributed by atoms with Crippen LogP contribution in [0.3, 0.4) is 0 Å². The summed E-state index contributed by atoms with van der Waals surface area (Å²) in [5.74, 6) is -0.170. The van der Waals surface area contributed by atoms with E-state index in [4.69, 9.17) is 17.3 Å². The number of alkyl halides is 1. The Kier molecular flexibility index (Phi) is 7.12. The van der Waals surface area contributed by atoms with E-state index in [2.05, 4.69) is 13.8 Å². The Labute approximate surface area is 136 Å². The fraction of sp³-hybridized carbons (Fsp3) is 0.412. The van der Waals surface area contributed by atoms with Crippen molar-refractivity contribution in [2.75, 3.05) is 6.54 Å². The van der Waals surface area contributed by atoms with Gasteiger partial charge in [-0.15, -0.1) is 11.6 Å². The third kappa shape index (κ3) is 6.31. The van der Waals surface area contributed by atoms with Crippen molar-refractivity contribution in [1.82, 2.24) is 4.90 Å². The number of primary amides is 1. The van der Waals surface area contributed by atoms with Gasteiger partial charge >= 0.3 is 0 Å². The van der Waals surface area contributed by atoms with E-state index in [0.717, 1.165) is 5.56 Å². The number of nitrogens with two attached hydrogens (primary N) is 1. The van der Waals surface area contributed by atoms with Crippen molar-refractivity contribution in [1.29, 1.82) is 0 Å². The third-order valence-corrected chi connectivity index (χ3v) is 3.16. The van der Waals surface area contributed by atoms with Crippen LogP contribution in [0.2, 0.25) is 0 Å². The Morgan fingerprint density at radius 1 is 1.23 bits per heavy atom. The van der Waals surface area contributed by atoms with Gasteiger partial charge in [-0.3, -0.25) is 9.59 Å². The van der Waals surface area contributed by atoms with E-state index < -0.39 is 5.91 Å². The molecule has 2 amide bonds. The number of hydrogen-bond acceptors (Lipinski definition) is 2. The van der Waals surface area contributed by atoms with Crippen molar-refractivity contribution in [3.63, 3.8) is 0 Å². The largest absolute Gasteiger partial charge is 0.366 e. The first-order valence-corrected chi connectivity index (χ1v) is 7.73. The molecule has 22 heavy (non-hydrogen) atoms. The zero-order chi connectivity index (χ0) is 16.7. The van der Waals surface area contributed by atoms with Crippen molar-refractivity contribution >= 4 is 23.4 Å². The molecule has 0 heterocycles. The molecule has 0 fully saturated rings. The standard InChI is InChI=1S/C17H23ClN2O2/c1-12(2)10-20(16(21)9-4-13(3)18)11-14-5-7-15(8-6-14)17(19)22/h4-9,12-13H,10-11H2,1-3H3,(H2,19,22)/b9-4+. The van der Waals surface area contributed by atoms with Crippen LogP contribution in [-0.2, 0) is 11.3 Å². The number of halogens is 1. The minimum Gasteiger partial charge on any atom is -0.366 e. The van der Waals surface area contributed by atoms with Gasteiger partial charge in [-0.05, 0) is 30.5 Å². The van der Waals surface area contributed by atoms with Crippen LogP contribution in [0, 0.1) is 5.92 Å². The summed E-state index contributed by atoms with van der Waals surface area (Å²) in [4.78, 5) is 25.1. The minimum absolute atomic E-state index is 0.0693. The fourth-order valence-corrected chi connectivity index (χ4v) is 2.06. The second-order valence-electron chi connectivity index (χ2n) is 5.71. The maximum Gasteiger partial charge on any atom is 0.248 e. The summed E-state index contributed by atoms with van der Waals surface area (Å²) in [6.07, 6.45) is 3.19. The number of nitrogens with zero attached hydrogens (tertiary/aromatic N) is 1. The molecule has 1 atom stereocenters. The first kappa shape index (κ1) is 18.2. The average molecular weight is 323 g/mol. The molecule has 5 heteroatoms. The highest BCUT2D eigenvalue weighted by molar-refractivity contribution is 6.21. The number of allylic oxidation sites excluding steroid dienone is 1. The summed E-state index contributed by atoms with van der Waals surface area (Å²) in [5, 5.41) is -0.181. The molecule has 1 aromatic rings. The maximum atomic E-state index is 12.3. The smallest absolute Gasteiger partial charge is 0.248 e. The highest BCUT2D eigenvalue weighted by atomic mass is 35.5. The fourth-order valence-electron chi connectivity index (χ4n) is 1.99. The SMILES string of the molecule is CC(Cl)/C=C/C(=O)N(Cc1ccc(C(N)=O)cc1)CC(C)C. The Morgan fingerprint density at radius 2 is 1.82 bits per heavy atom. The molecule has 2 N–H and O–H groups in total. The second-order valence-corrected chi connectivity index (χ2v) is 6.40. The highest BCUT2D eigenvalue weighted by Crippen LogP contribution is 2.10. The van der Waals surface area contributed by atoms with Crippen LogP contribution in [-0.4, -0.2) is 28.6 Å². The number of benzene rings is 1. The van der Waals surface area contributed by atoms with Crippen LogP contribution < -0.4 is 5.73 Å². The monoisotopic (exact) mass is 322 g/mol. The van der Waals surface area contributed by atoms with Crippen molar-refractivity contribution in [2.24, 2.45) is 11.7 Å². The van der Waals surface area contributed by atoms with E-state index in [0.29, 0.717) is 24.6 Å². The van der Waals surface area contributed by atoms with E-state index in [1.54, 1.807) is 30.0 Å². The van der Waals surface area contributed by atoms with Gasteiger partial charge in [0.15, 0.2) is 0 Å². The molecule has 0 saturated heterocycles. The molecule has 0 aliphatic rings. The first-order valence-electron chi connectivity index (χ1n) is 7.29.